The minimum atomic E-state index is -2.35. The topological polar surface area (TPSA) is 46.2 Å². The van der Waals surface area contributed by atoms with E-state index in [2.05, 4.69) is 5.32 Å². The lowest BCUT2D eigenvalue weighted by molar-refractivity contribution is -0.119. The van der Waals surface area contributed by atoms with Gasteiger partial charge in [-0.1, -0.05) is 6.07 Å². The van der Waals surface area contributed by atoms with Gasteiger partial charge in [-0.25, -0.2) is 30.7 Å². The normalized spacial score (nSPS) is 13.3. The molecule has 0 aliphatic heterocycles. The predicted octanol–water partition coefficient (Wildman–Crippen LogP) is 3.79. The van der Waals surface area contributed by atoms with Crippen molar-refractivity contribution in [2.24, 2.45) is 0 Å². The molecule has 28 heavy (non-hydrogen) atoms. The summed E-state index contributed by atoms with van der Waals surface area (Å²) in [6.07, 6.45) is 0. The maximum absolute atomic E-state index is 13.7. The van der Waals surface area contributed by atoms with E-state index < -0.39 is 80.5 Å². The third kappa shape index (κ3) is 4.70. The largest absolute Gasteiger partial charge is 0.349 e. The molecule has 0 saturated heterocycles. The number of amides is 1. The Hall–Kier alpha value is -2.43. The molecular formula is C17H12F7NO2S. The second kappa shape index (κ2) is 8.72. The van der Waals surface area contributed by atoms with Gasteiger partial charge in [-0.05, 0) is 13.0 Å². The monoisotopic (exact) mass is 427 g/mol. The van der Waals surface area contributed by atoms with Crippen LogP contribution in [0.4, 0.5) is 30.7 Å². The summed E-state index contributed by atoms with van der Waals surface area (Å²) in [5.74, 6) is -15.6. The molecule has 152 valence electrons. The number of benzene rings is 2. The van der Waals surface area contributed by atoms with E-state index in [0.29, 0.717) is 6.07 Å². The van der Waals surface area contributed by atoms with Gasteiger partial charge in [-0.3, -0.25) is 9.00 Å². The molecule has 0 unspecified atom stereocenters. The molecule has 0 aromatic heterocycles. The second-order valence-corrected chi connectivity index (χ2v) is 7.19. The van der Waals surface area contributed by atoms with E-state index >= 15 is 0 Å². The highest BCUT2D eigenvalue weighted by molar-refractivity contribution is 7.84. The van der Waals surface area contributed by atoms with Gasteiger partial charge in [0.2, 0.25) is 11.7 Å². The summed E-state index contributed by atoms with van der Waals surface area (Å²) in [7, 11) is -2.33. The predicted molar refractivity (Wildman–Crippen MR) is 85.9 cm³/mol. The zero-order valence-corrected chi connectivity index (χ0v) is 14.9. The van der Waals surface area contributed by atoms with Gasteiger partial charge in [-0.2, -0.15) is 0 Å². The Balaban J connectivity index is 2.07. The fourth-order valence-electron chi connectivity index (χ4n) is 2.35. The summed E-state index contributed by atoms with van der Waals surface area (Å²) >= 11 is 0. The average molecular weight is 427 g/mol. The molecule has 0 aliphatic rings. The van der Waals surface area contributed by atoms with Crippen molar-refractivity contribution in [3.63, 3.8) is 0 Å². The molecule has 0 radical (unpaired) electrons. The molecule has 2 aromatic rings. The summed E-state index contributed by atoms with van der Waals surface area (Å²) < 4.78 is 105. The van der Waals surface area contributed by atoms with Gasteiger partial charge < -0.3 is 5.32 Å². The molecule has 2 atom stereocenters. The summed E-state index contributed by atoms with van der Waals surface area (Å²) in [5.41, 5.74) is -1.37. The highest BCUT2D eigenvalue weighted by Crippen LogP contribution is 2.24. The zero-order chi connectivity index (χ0) is 21.2. The molecule has 2 rings (SSSR count). The molecule has 1 N–H and O–H groups in total. The van der Waals surface area contributed by atoms with E-state index in [4.69, 9.17) is 0 Å². The van der Waals surface area contributed by atoms with Crippen molar-refractivity contribution in [1.82, 2.24) is 5.32 Å². The third-order valence-corrected chi connectivity index (χ3v) is 4.90. The fourth-order valence-corrected chi connectivity index (χ4v) is 3.40. The van der Waals surface area contributed by atoms with Gasteiger partial charge in [0.25, 0.3) is 0 Å². The number of nitrogens with one attached hydrogen (secondary N) is 1. The van der Waals surface area contributed by atoms with E-state index in [9.17, 15) is 39.7 Å². The maximum atomic E-state index is 13.7. The lowest BCUT2D eigenvalue weighted by atomic mass is 10.1. The molecular weight excluding hydrogens is 415 g/mol. The van der Waals surface area contributed by atoms with Gasteiger partial charge in [0.1, 0.15) is 17.4 Å². The number of hydrogen-bond donors (Lipinski definition) is 1. The van der Waals surface area contributed by atoms with E-state index in [-0.39, 0.29) is 5.56 Å². The van der Waals surface area contributed by atoms with E-state index in [1.165, 1.54) is 6.92 Å². The highest BCUT2D eigenvalue weighted by Gasteiger charge is 2.27. The van der Waals surface area contributed by atoms with Crippen LogP contribution in [0.3, 0.4) is 0 Å². The smallest absolute Gasteiger partial charge is 0.233 e. The number of carbonyl (C=O) groups excluding carboxylic acids is 1. The van der Waals surface area contributed by atoms with Crippen molar-refractivity contribution < 1.29 is 39.7 Å². The Kier molecular flexibility index (Phi) is 6.81. The molecule has 3 nitrogen and oxygen atoms in total. The first-order chi connectivity index (χ1) is 13.0. The van der Waals surface area contributed by atoms with Crippen molar-refractivity contribution in [2.45, 2.75) is 18.7 Å². The zero-order valence-electron chi connectivity index (χ0n) is 14.1. The first-order valence-electron chi connectivity index (χ1n) is 7.62. The van der Waals surface area contributed by atoms with Gasteiger partial charge in [-0.15, -0.1) is 0 Å². The van der Waals surface area contributed by atoms with Crippen molar-refractivity contribution in [3.05, 3.63) is 70.0 Å². The Morgan fingerprint density at radius 1 is 0.964 bits per heavy atom. The molecule has 11 heteroatoms. The lowest BCUT2D eigenvalue weighted by Crippen LogP contribution is -2.31. The minimum Gasteiger partial charge on any atom is -0.349 e. The quantitative estimate of drug-likeness (QED) is 0.433. The van der Waals surface area contributed by atoms with Gasteiger partial charge >= 0.3 is 0 Å². The van der Waals surface area contributed by atoms with Crippen molar-refractivity contribution in [1.29, 1.82) is 0 Å². The molecule has 0 spiro atoms. The first kappa shape index (κ1) is 21.9. The lowest BCUT2D eigenvalue weighted by Gasteiger charge is -2.15. The van der Waals surface area contributed by atoms with Crippen LogP contribution in [0.2, 0.25) is 0 Å². The number of halogens is 7. The Bertz CT molecular complexity index is 923. The Labute approximate surface area is 157 Å². The van der Waals surface area contributed by atoms with Crippen LogP contribution in [-0.2, 0) is 21.3 Å². The van der Waals surface area contributed by atoms with Gasteiger partial charge in [0.05, 0.1) is 11.8 Å². The molecule has 0 fully saturated rings. The third-order valence-electron chi connectivity index (χ3n) is 3.70. The highest BCUT2D eigenvalue weighted by atomic mass is 32.2. The summed E-state index contributed by atoms with van der Waals surface area (Å²) in [5, 5.41) is 2.24. The van der Waals surface area contributed by atoms with Crippen molar-refractivity contribution in [2.75, 3.05) is 5.75 Å². The average Bonchev–Trinajstić information content (AvgIpc) is 2.61. The molecule has 1 amide bonds. The number of carbonyl (C=O) groups is 1. The molecule has 0 bridgehead atoms. The van der Waals surface area contributed by atoms with Crippen molar-refractivity contribution in [3.8, 4) is 0 Å². The van der Waals surface area contributed by atoms with Crippen molar-refractivity contribution >= 4 is 16.7 Å². The van der Waals surface area contributed by atoms with E-state index in [0.717, 1.165) is 12.1 Å². The molecule has 0 heterocycles. The molecule has 0 aliphatic carbocycles. The Morgan fingerprint density at radius 2 is 1.50 bits per heavy atom. The van der Waals surface area contributed by atoms with Crippen LogP contribution >= 0.6 is 0 Å². The SMILES string of the molecule is C[C@@H](NC(=O)C[S@](=O)Cc1c(F)c(F)c(F)c(F)c1F)c1ccc(F)cc1F. The Morgan fingerprint density at radius 3 is 2.04 bits per heavy atom. The van der Waals surface area contributed by atoms with E-state index in [1.807, 2.05) is 0 Å². The van der Waals surface area contributed by atoms with Crippen LogP contribution in [0.5, 0.6) is 0 Å². The standard InChI is InChI=1S/C17H12F7NO2S/c1-7(9-3-2-8(18)4-11(9)19)25-12(26)6-28(27)5-10-13(20)15(22)17(24)16(23)14(10)21/h2-4,7H,5-6H2,1H3,(H,25,26)/t7-,28-/m1/s1. The van der Waals surface area contributed by atoms with Crippen LogP contribution in [-0.4, -0.2) is 15.9 Å². The van der Waals surface area contributed by atoms with Gasteiger partial charge in [0.15, 0.2) is 23.3 Å². The van der Waals surface area contributed by atoms with Crippen LogP contribution in [0.15, 0.2) is 18.2 Å². The number of hydrogen-bond acceptors (Lipinski definition) is 2. The maximum Gasteiger partial charge on any atom is 0.233 e. The first-order valence-corrected chi connectivity index (χ1v) is 9.11. The fraction of sp³-hybridized carbons (Fsp3) is 0.235. The van der Waals surface area contributed by atoms with Crippen LogP contribution in [0.1, 0.15) is 24.1 Å². The molecule has 0 saturated carbocycles. The second-order valence-electron chi connectivity index (χ2n) is 5.73. The summed E-state index contributed by atoms with van der Waals surface area (Å²) in [6.45, 7) is 1.35. The van der Waals surface area contributed by atoms with Crippen LogP contribution in [0, 0.1) is 40.7 Å². The van der Waals surface area contributed by atoms with Gasteiger partial charge in [0, 0.05) is 28.0 Å². The minimum absolute atomic E-state index is 0.0692. The van der Waals surface area contributed by atoms with Crippen LogP contribution < -0.4 is 5.32 Å². The molecule has 2 aromatic carbocycles. The number of rotatable bonds is 6. The van der Waals surface area contributed by atoms with Crippen LogP contribution in [0.25, 0.3) is 0 Å². The van der Waals surface area contributed by atoms with E-state index in [1.54, 1.807) is 0 Å². The summed E-state index contributed by atoms with van der Waals surface area (Å²) in [4.78, 5) is 11.9. The summed E-state index contributed by atoms with van der Waals surface area (Å²) in [6, 6.07) is 1.68.